The first-order chi connectivity index (χ1) is 24.2. The molecule has 0 aromatic carbocycles. The molecule has 0 radical (unpaired) electrons. The molecule has 0 heterocycles. The summed E-state index contributed by atoms with van der Waals surface area (Å²) in [4.78, 5) is 26.0. The maximum Gasteiger partial charge on any atom is 0.139 e. The van der Waals surface area contributed by atoms with E-state index in [1.165, 1.54) is 180 Å². The largest absolute Gasteiger partial charge is 0.299 e. The van der Waals surface area contributed by atoms with Gasteiger partial charge in [0.15, 0.2) is 0 Å². The average Bonchev–Trinajstić information content (AvgIpc) is 3.16. The van der Waals surface area contributed by atoms with Gasteiger partial charge in [0, 0.05) is 33.7 Å². The molecular weight excluding hydrogens is 609 g/mol. The van der Waals surface area contributed by atoms with Crippen LogP contribution in [0.1, 0.15) is 217 Å². The van der Waals surface area contributed by atoms with Gasteiger partial charge in [0.25, 0.3) is 0 Å². The van der Waals surface area contributed by atoms with Crippen molar-refractivity contribution >= 4 is 11.6 Å². The highest BCUT2D eigenvalue weighted by Gasteiger charge is 2.38. The van der Waals surface area contributed by atoms with Crippen LogP contribution in [0, 0.1) is 82.9 Å². The minimum atomic E-state index is 0. The molecule has 0 unspecified atom stereocenters. The molecule has 50 heavy (non-hydrogen) atoms. The number of ketones is 2. The maximum atomic E-state index is 13.2. The van der Waals surface area contributed by atoms with Gasteiger partial charge in [-0.3, -0.25) is 9.59 Å². The molecular formula is C48H96O2. The average molecular weight is 705 g/mol. The van der Waals surface area contributed by atoms with E-state index in [-0.39, 0.29) is 9.99 Å². The van der Waals surface area contributed by atoms with E-state index in [9.17, 15) is 9.59 Å². The first-order valence-corrected chi connectivity index (χ1v) is 23.3. The SMILES string of the molecule is CC1CCC(C(=O)C2CCC(C3CCC(C)CC3)CC2)CC1.CC1CCC(C2CCC(C(=O)C3CCC(C4CCC(C)CC4)CC3)CC2)CC1.[HH].[HH].[HH].[HH].[HH].[HH].[HH]. The molecule has 0 aromatic rings. The van der Waals surface area contributed by atoms with Crippen LogP contribution in [-0.2, 0) is 9.59 Å². The van der Waals surface area contributed by atoms with E-state index in [1.54, 1.807) is 0 Å². The quantitative estimate of drug-likeness (QED) is 0.264. The predicted molar refractivity (Wildman–Crippen MR) is 226 cm³/mol. The smallest absolute Gasteiger partial charge is 0.139 e. The lowest BCUT2D eigenvalue weighted by molar-refractivity contribution is -0.130. The van der Waals surface area contributed by atoms with Crippen molar-refractivity contribution in [2.24, 2.45) is 82.9 Å². The van der Waals surface area contributed by atoms with Crippen LogP contribution in [0.2, 0.25) is 0 Å². The summed E-state index contributed by atoms with van der Waals surface area (Å²) in [5.74, 6) is 12.6. The van der Waals surface area contributed by atoms with Gasteiger partial charge in [-0.1, -0.05) is 79.1 Å². The van der Waals surface area contributed by atoms with Gasteiger partial charge in [-0.15, -0.1) is 0 Å². The van der Waals surface area contributed by atoms with Crippen LogP contribution in [0.25, 0.3) is 0 Å². The highest BCUT2D eigenvalue weighted by atomic mass is 16.1. The Balaban J connectivity index is 0. The first-order valence-electron chi connectivity index (χ1n) is 23.3. The first kappa shape index (κ1) is 39.0. The number of hydrogen-bond donors (Lipinski definition) is 0. The molecule has 300 valence electrons. The Labute approximate surface area is 321 Å². The third kappa shape index (κ3) is 10.7. The topological polar surface area (TPSA) is 34.1 Å². The zero-order chi connectivity index (χ0) is 35.0. The highest BCUT2D eigenvalue weighted by molar-refractivity contribution is 5.84. The Kier molecular flexibility index (Phi) is 14.9. The van der Waals surface area contributed by atoms with Crippen molar-refractivity contribution in [3.63, 3.8) is 0 Å². The Bertz CT molecular complexity index is 977. The molecule has 7 rings (SSSR count). The molecule has 0 bridgehead atoms. The second-order valence-corrected chi connectivity index (χ2v) is 20.7. The third-order valence-corrected chi connectivity index (χ3v) is 17.1. The molecule has 7 fully saturated rings. The lowest BCUT2D eigenvalue weighted by atomic mass is 9.65. The van der Waals surface area contributed by atoms with Crippen LogP contribution in [0.5, 0.6) is 0 Å². The summed E-state index contributed by atoms with van der Waals surface area (Å²) in [5.41, 5.74) is 0. The fraction of sp³-hybridized carbons (Fsp3) is 0.958. The van der Waals surface area contributed by atoms with E-state index in [0.717, 1.165) is 59.2 Å². The number of carbonyl (C=O) groups is 2. The second kappa shape index (κ2) is 19.1. The van der Waals surface area contributed by atoms with Gasteiger partial charge in [0.05, 0.1) is 0 Å². The van der Waals surface area contributed by atoms with E-state index >= 15 is 0 Å². The molecule has 7 aliphatic rings. The predicted octanol–water partition coefficient (Wildman–Crippen LogP) is 15.6. The zero-order valence-corrected chi connectivity index (χ0v) is 33.7. The highest BCUT2D eigenvalue weighted by Crippen LogP contribution is 2.46. The number of hydrogen-bond acceptors (Lipinski definition) is 2. The number of Topliss-reactive ketones (excluding diaryl/α,β-unsaturated/α-hetero) is 2. The summed E-state index contributed by atoms with van der Waals surface area (Å²) in [6, 6.07) is 0. The number of carbonyl (C=O) groups excluding carboxylic acids is 2. The monoisotopic (exact) mass is 705 g/mol. The molecule has 0 spiro atoms. The standard InChI is InChI=1S/C27H46O.C21H36O.7H2/c1-19-3-7-21(8-4-19)23-11-15-25(16-12-23)27(28)26-17-13-24(14-18-26)22-9-5-20(2)6-10-22;1-15-3-7-17(8-4-15)18-11-13-20(14-12-18)21(22)19-9-5-16(2)6-10-19;;;;;;;/h19-26H,3-18H2,1-2H3;15-20H,3-14H2,1-2H3;7*1H. The summed E-state index contributed by atoms with van der Waals surface area (Å²) in [5, 5.41) is 0. The van der Waals surface area contributed by atoms with Gasteiger partial charge >= 0.3 is 0 Å². The molecule has 0 amide bonds. The summed E-state index contributed by atoms with van der Waals surface area (Å²) < 4.78 is 0. The molecule has 0 N–H and O–H groups in total. The maximum absolute atomic E-state index is 13.2. The molecule has 0 aromatic heterocycles. The van der Waals surface area contributed by atoms with Gasteiger partial charge in [0.2, 0.25) is 0 Å². The van der Waals surface area contributed by atoms with Gasteiger partial charge in [0.1, 0.15) is 11.6 Å². The molecule has 7 saturated carbocycles. The van der Waals surface area contributed by atoms with Crippen molar-refractivity contribution < 1.29 is 19.6 Å². The fourth-order valence-corrected chi connectivity index (χ4v) is 13.1. The number of rotatable bonds is 7. The molecule has 0 aliphatic heterocycles. The van der Waals surface area contributed by atoms with Crippen molar-refractivity contribution in [3.05, 3.63) is 0 Å². The van der Waals surface area contributed by atoms with Crippen LogP contribution in [0.3, 0.4) is 0 Å². The van der Waals surface area contributed by atoms with Gasteiger partial charge in [-0.2, -0.15) is 0 Å². The van der Waals surface area contributed by atoms with Crippen LogP contribution >= 0.6 is 0 Å². The minimum absolute atomic E-state index is 0. The van der Waals surface area contributed by atoms with Crippen molar-refractivity contribution in [2.75, 3.05) is 0 Å². The van der Waals surface area contributed by atoms with Gasteiger partial charge < -0.3 is 0 Å². The van der Waals surface area contributed by atoms with Crippen LogP contribution in [0.4, 0.5) is 0 Å². The summed E-state index contributed by atoms with van der Waals surface area (Å²) in [7, 11) is 0. The minimum Gasteiger partial charge on any atom is -0.299 e. The fourth-order valence-electron chi connectivity index (χ4n) is 13.1. The molecule has 0 saturated heterocycles. The Morgan fingerprint density at radius 1 is 0.260 bits per heavy atom. The van der Waals surface area contributed by atoms with Crippen LogP contribution < -0.4 is 0 Å². The van der Waals surface area contributed by atoms with E-state index in [0.29, 0.717) is 35.2 Å². The zero-order valence-electron chi connectivity index (χ0n) is 33.7. The normalized spacial score (nSPS) is 44.7. The van der Waals surface area contributed by atoms with Crippen molar-refractivity contribution in [1.82, 2.24) is 0 Å². The third-order valence-electron chi connectivity index (χ3n) is 17.1. The summed E-state index contributed by atoms with van der Waals surface area (Å²) in [6.07, 6.45) is 37.8. The van der Waals surface area contributed by atoms with E-state index in [4.69, 9.17) is 0 Å². The lowest BCUT2D eigenvalue weighted by Gasteiger charge is -2.39. The van der Waals surface area contributed by atoms with Gasteiger partial charge in [-0.25, -0.2) is 0 Å². The Morgan fingerprint density at radius 3 is 0.600 bits per heavy atom. The molecule has 2 heteroatoms. The summed E-state index contributed by atoms with van der Waals surface area (Å²) >= 11 is 0. The van der Waals surface area contributed by atoms with E-state index in [1.807, 2.05) is 0 Å². The van der Waals surface area contributed by atoms with E-state index in [2.05, 4.69) is 27.7 Å². The molecule has 2 nitrogen and oxygen atoms in total. The van der Waals surface area contributed by atoms with Crippen molar-refractivity contribution in [1.29, 1.82) is 0 Å². The van der Waals surface area contributed by atoms with Crippen LogP contribution in [-0.4, -0.2) is 11.6 Å². The Hall–Kier alpha value is -0.660. The summed E-state index contributed by atoms with van der Waals surface area (Å²) in [6.45, 7) is 9.61. The van der Waals surface area contributed by atoms with E-state index < -0.39 is 0 Å². The Morgan fingerprint density at radius 2 is 0.400 bits per heavy atom. The molecule has 7 aliphatic carbocycles. The van der Waals surface area contributed by atoms with Crippen molar-refractivity contribution in [2.45, 2.75) is 207 Å². The van der Waals surface area contributed by atoms with Crippen LogP contribution in [0.15, 0.2) is 0 Å². The lowest BCUT2D eigenvalue weighted by Crippen LogP contribution is -2.33. The van der Waals surface area contributed by atoms with Gasteiger partial charge in [-0.05, 0) is 188 Å². The van der Waals surface area contributed by atoms with Crippen molar-refractivity contribution in [3.8, 4) is 0 Å². The second-order valence-electron chi connectivity index (χ2n) is 20.7. The molecule has 0 atom stereocenters.